The molecule has 0 aromatic heterocycles. The molecule has 4 rings (SSSR count). The number of aliphatic imine (C=N–C) groups is 1. The molecular weight excluding hydrogens is 375 g/mol. The van der Waals surface area contributed by atoms with Gasteiger partial charge in [-0.05, 0) is 91.1 Å². The molecule has 0 unspecified atom stereocenters. The van der Waals surface area contributed by atoms with Gasteiger partial charge in [0, 0.05) is 0 Å². The third-order valence-electron chi connectivity index (χ3n) is 6.74. The molecule has 0 spiro atoms. The summed E-state index contributed by atoms with van der Waals surface area (Å²) in [6.45, 7) is 2.26. The normalized spacial score (nSPS) is 27.6. The lowest BCUT2D eigenvalue weighted by Gasteiger charge is -2.48. The van der Waals surface area contributed by atoms with Gasteiger partial charge in [0.2, 0.25) is 0 Å². The summed E-state index contributed by atoms with van der Waals surface area (Å²) < 4.78 is 13.2. The molecule has 0 bridgehead atoms. The summed E-state index contributed by atoms with van der Waals surface area (Å²) in [6, 6.07) is 16.4. The van der Waals surface area contributed by atoms with Gasteiger partial charge >= 0.3 is 0 Å². The van der Waals surface area contributed by atoms with E-state index >= 15 is 0 Å². The van der Waals surface area contributed by atoms with Crippen LogP contribution >= 0.6 is 0 Å². The van der Waals surface area contributed by atoms with Crippen LogP contribution in [0.4, 0.5) is 10.1 Å². The predicted octanol–water partition coefficient (Wildman–Crippen LogP) is 5.48. The Kier molecular flexibility index (Phi) is 5.87. The van der Waals surface area contributed by atoms with Crippen molar-refractivity contribution in [3.8, 4) is 0 Å². The first kappa shape index (κ1) is 20.5. The number of nitrogens with two attached hydrogens (primary N) is 1. The van der Waals surface area contributed by atoms with Crippen LogP contribution in [0.15, 0.2) is 83.0 Å². The monoisotopic (exact) mass is 404 g/mol. The van der Waals surface area contributed by atoms with Gasteiger partial charge in [0.25, 0.3) is 0 Å². The molecule has 3 N–H and O–H groups in total. The molecule has 4 heteroatoms. The molecule has 0 heterocycles. The van der Waals surface area contributed by atoms with Crippen molar-refractivity contribution in [2.24, 2.45) is 22.1 Å². The fourth-order valence-electron chi connectivity index (χ4n) is 5.10. The fourth-order valence-corrected chi connectivity index (χ4v) is 5.10. The largest absolute Gasteiger partial charge is 0.404 e. The molecule has 1 saturated carbocycles. The van der Waals surface area contributed by atoms with Crippen molar-refractivity contribution in [3.63, 3.8) is 0 Å². The number of nitrogens with zero attached hydrogens (tertiary/aromatic N) is 1. The van der Waals surface area contributed by atoms with Crippen molar-refractivity contribution in [1.82, 2.24) is 0 Å². The molecule has 0 aliphatic heterocycles. The predicted molar refractivity (Wildman–Crippen MR) is 120 cm³/mol. The first-order valence-corrected chi connectivity index (χ1v) is 10.7. The molecule has 0 amide bonds. The van der Waals surface area contributed by atoms with Gasteiger partial charge in [-0.3, -0.25) is 0 Å². The van der Waals surface area contributed by atoms with Crippen LogP contribution in [0, 0.1) is 17.2 Å². The number of hydrogen-bond donors (Lipinski definition) is 2. The molecular formula is C26H29FN2O. The molecule has 1 fully saturated rings. The lowest BCUT2D eigenvalue weighted by molar-refractivity contribution is 0.0235. The van der Waals surface area contributed by atoms with Crippen LogP contribution in [-0.2, 0) is 6.42 Å². The lowest BCUT2D eigenvalue weighted by atomic mass is 9.57. The van der Waals surface area contributed by atoms with E-state index in [-0.39, 0.29) is 17.2 Å². The Hall–Kier alpha value is -2.72. The summed E-state index contributed by atoms with van der Waals surface area (Å²) in [7, 11) is 0. The summed E-state index contributed by atoms with van der Waals surface area (Å²) in [5.74, 6) is -0.106. The van der Waals surface area contributed by atoms with Crippen LogP contribution in [0.25, 0.3) is 0 Å². The smallest absolute Gasteiger partial charge is 0.123 e. The van der Waals surface area contributed by atoms with Gasteiger partial charge in [0.1, 0.15) is 5.82 Å². The first-order valence-electron chi connectivity index (χ1n) is 10.7. The number of benzene rings is 2. The molecule has 30 heavy (non-hydrogen) atoms. The van der Waals surface area contributed by atoms with Crippen molar-refractivity contribution in [2.75, 3.05) is 0 Å². The highest BCUT2D eigenvalue weighted by Crippen LogP contribution is 2.53. The van der Waals surface area contributed by atoms with Crippen LogP contribution in [0.5, 0.6) is 0 Å². The summed E-state index contributed by atoms with van der Waals surface area (Å²) in [5.41, 5.74) is 10.9. The molecule has 156 valence electrons. The number of fused-ring (bicyclic) bond motifs is 1. The van der Waals surface area contributed by atoms with Gasteiger partial charge in [0.15, 0.2) is 0 Å². The average molecular weight is 405 g/mol. The van der Waals surface area contributed by atoms with E-state index in [2.05, 4.69) is 25.1 Å². The van der Waals surface area contributed by atoms with Crippen molar-refractivity contribution < 1.29 is 9.50 Å². The lowest BCUT2D eigenvalue weighted by Crippen LogP contribution is -2.44. The molecule has 0 radical (unpaired) electrons. The molecule has 3 atom stereocenters. The number of allylic oxidation sites excluding steroid dienone is 3. The highest BCUT2D eigenvalue weighted by atomic mass is 19.1. The minimum absolute atomic E-state index is 0.139. The Balaban J connectivity index is 1.64. The zero-order chi connectivity index (χ0) is 21.1. The zero-order valence-electron chi connectivity index (χ0n) is 17.4. The van der Waals surface area contributed by atoms with E-state index in [0.717, 1.165) is 42.5 Å². The third-order valence-corrected chi connectivity index (χ3v) is 6.74. The molecule has 2 aliphatic rings. The number of hydrogen-bond acceptors (Lipinski definition) is 3. The molecule has 2 aliphatic carbocycles. The Morgan fingerprint density at radius 2 is 1.93 bits per heavy atom. The second kappa shape index (κ2) is 8.57. The molecule has 0 saturated heterocycles. The van der Waals surface area contributed by atoms with Gasteiger partial charge in [0.05, 0.1) is 17.5 Å². The van der Waals surface area contributed by atoms with Gasteiger partial charge in [-0.25, -0.2) is 9.38 Å². The molecule has 2 aromatic carbocycles. The number of rotatable bonds is 4. The summed E-state index contributed by atoms with van der Waals surface area (Å²) in [4.78, 5) is 4.73. The van der Waals surface area contributed by atoms with Crippen molar-refractivity contribution >= 4 is 11.4 Å². The van der Waals surface area contributed by atoms with E-state index in [0.29, 0.717) is 12.1 Å². The second-order valence-electron chi connectivity index (χ2n) is 8.68. The highest BCUT2D eigenvalue weighted by molar-refractivity contribution is 6.11. The average Bonchev–Trinajstić information content (AvgIpc) is 2.75. The van der Waals surface area contributed by atoms with Crippen LogP contribution < -0.4 is 5.73 Å². The first-order chi connectivity index (χ1) is 14.5. The van der Waals surface area contributed by atoms with E-state index in [1.807, 2.05) is 18.2 Å². The summed E-state index contributed by atoms with van der Waals surface area (Å²) in [6.07, 6.45) is 7.86. The zero-order valence-corrected chi connectivity index (χ0v) is 17.4. The quantitative estimate of drug-likeness (QED) is 0.709. The van der Waals surface area contributed by atoms with Crippen LogP contribution in [-0.4, -0.2) is 16.9 Å². The third kappa shape index (κ3) is 4.10. The summed E-state index contributed by atoms with van der Waals surface area (Å²) >= 11 is 0. The Morgan fingerprint density at radius 3 is 2.63 bits per heavy atom. The van der Waals surface area contributed by atoms with E-state index in [1.165, 1.54) is 17.7 Å². The van der Waals surface area contributed by atoms with Gasteiger partial charge in [-0.2, -0.15) is 0 Å². The molecule has 3 nitrogen and oxygen atoms in total. The van der Waals surface area contributed by atoms with Crippen LogP contribution in [0.3, 0.4) is 0 Å². The maximum atomic E-state index is 13.2. The summed E-state index contributed by atoms with van der Waals surface area (Å²) in [5, 5.41) is 11.2. The second-order valence-corrected chi connectivity index (χ2v) is 8.68. The molecule has 2 aromatic rings. The fraction of sp³-hybridized carbons (Fsp3) is 0.346. The van der Waals surface area contributed by atoms with E-state index < -0.39 is 6.10 Å². The number of aliphatic hydroxyl groups is 1. The minimum Gasteiger partial charge on any atom is -0.404 e. The van der Waals surface area contributed by atoms with E-state index in [9.17, 15) is 9.50 Å². The van der Waals surface area contributed by atoms with Gasteiger partial charge < -0.3 is 10.8 Å². The SMILES string of the molecule is C[C@]12CC(=CN)C(=Nc3ccc(F)cc3)C=C1CCC[C@@H]2[C@H](O)Cc1ccccc1. The highest BCUT2D eigenvalue weighted by Gasteiger charge is 2.46. The van der Waals surface area contributed by atoms with Crippen LogP contribution in [0.2, 0.25) is 0 Å². The minimum atomic E-state index is -0.407. The van der Waals surface area contributed by atoms with E-state index in [4.69, 9.17) is 10.7 Å². The Labute approximate surface area is 177 Å². The number of halogens is 1. The van der Waals surface area contributed by atoms with Crippen molar-refractivity contribution in [1.29, 1.82) is 0 Å². The Bertz CT molecular complexity index is 978. The van der Waals surface area contributed by atoms with Crippen molar-refractivity contribution in [3.05, 3.63) is 89.4 Å². The van der Waals surface area contributed by atoms with E-state index in [1.54, 1.807) is 18.3 Å². The van der Waals surface area contributed by atoms with Crippen LogP contribution in [0.1, 0.15) is 38.2 Å². The maximum absolute atomic E-state index is 13.2. The number of aliphatic hydroxyl groups excluding tert-OH is 1. The standard InChI is InChI=1S/C26H29FN2O/c1-26-16-19(17-28)24(29-22-12-10-21(27)11-13-22)15-20(26)8-5-9-23(26)25(30)14-18-6-3-2-4-7-18/h2-4,6-7,10-13,15,17,23,25,30H,5,8-9,14,16,28H2,1H3/t23-,25-,26+/m1/s1. The Morgan fingerprint density at radius 1 is 1.20 bits per heavy atom. The topological polar surface area (TPSA) is 58.6 Å². The van der Waals surface area contributed by atoms with Gasteiger partial charge in [-0.1, -0.05) is 42.8 Å². The van der Waals surface area contributed by atoms with Gasteiger partial charge in [-0.15, -0.1) is 0 Å². The van der Waals surface area contributed by atoms with Crippen molar-refractivity contribution in [2.45, 2.75) is 45.1 Å². The maximum Gasteiger partial charge on any atom is 0.123 e.